The van der Waals surface area contributed by atoms with Crippen LogP contribution < -0.4 is 0 Å². The van der Waals surface area contributed by atoms with E-state index in [4.69, 9.17) is 13.9 Å². The molecule has 1 atom stereocenters. The lowest BCUT2D eigenvalue weighted by atomic mass is 10.4. The third kappa shape index (κ3) is 4.09. The molecule has 20 heavy (non-hydrogen) atoms. The number of furan rings is 1. The molecule has 108 valence electrons. The lowest BCUT2D eigenvalue weighted by molar-refractivity contribution is -0.130. The van der Waals surface area contributed by atoms with Crippen LogP contribution in [-0.2, 0) is 19.0 Å². The monoisotopic (exact) mass is 282 g/mol. The predicted molar refractivity (Wildman–Crippen MR) is 66.1 cm³/mol. The minimum absolute atomic E-state index is 0.171. The third-order valence-corrected chi connectivity index (χ3v) is 2.44. The quantitative estimate of drug-likeness (QED) is 0.394. The predicted octanol–water partition coefficient (Wildman–Crippen LogP) is 0.624. The first-order chi connectivity index (χ1) is 9.79. The highest BCUT2D eigenvalue weighted by Gasteiger charge is 2.31. The van der Waals surface area contributed by atoms with Crippen molar-refractivity contribution in [3.05, 3.63) is 24.2 Å². The van der Waals surface area contributed by atoms with Crippen molar-refractivity contribution < 1.29 is 28.2 Å². The topological polar surface area (TPSA) is 90.6 Å². The Balaban J connectivity index is 1.71. The number of hydrogen-bond donors (Lipinski definition) is 0. The molecule has 2 heterocycles. The van der Waals surface area contributed by atoms with Crippen LogP contribution in [0.3, 0.4) is 0 Å². The first-order valence-corrected chi connectivity index (χ1v) is 5.98. The van der Waals surface area contributed by atoms with Gasteiger partial charge in [0, 0.05) is 0 Å². The Labute approximate surface area is 114 Å². The number of hydrogen-bond acceptors (Lipinski definition) is 7. The van der Waals surface area contributed by atoms with Crippen LogP contribution >= 0.6 is 0 Å². The van der Waals surface area contributed by atoms with Crippen LogP contribution in [0.25, 0.3) is 0 Å². The molecule has 2 rings (SSSR count). The van der Waals surface area contributed by atoms with Gasteiger partial charge in [-0.25, -0.2) is 4.79 Å². The van der Waals surface area contributed by atoms with Crippen molar-refractivity contribution in [1.82, 2.24) is 5.01 Å². The van der Waals surface area contributed by atoms with Crippen LogP contribution in [0.5, 0.6) is 0 Å². The van der Waals surface area contributed by atoms with Gasteiger partial charge in [-0.1, -0.05) is 0 Å². The van der Waals surface area contributed by atoms with Gasteiger partial charge in [-0.2, -0.15) is 10.1 Å². The van der Waals surface area contributed by atoms with Crippen molar-refractivity contribution in [1.29, 1.82) is 0 Å². The molecule has 0 saturated carbocycles. The molecule has 1 unspecified atom stereocenters. The molecule has 1 amide bonds. The van der Waals surface area contributed by atoms with Gasteiger partial charge in [0.2, 0.25) is 0 Å². The summed E-state index contributed by atoms with van der Waals surface area (Å²) in [5.74, 6) is 0.545. The van der Waals surface area contributed by atoms with Crippen LogP contribution in [0.2, 0.25) is 0 Å². The maximum Gasteiger partial charge on any atom is 0.430 e. The van der Waals surface area contributed by atoms with Gasteiger partial charge in [0.15, 0.2) is 0 Å². The van der Waals surface area contributed by atoms with Gasteiger partial charge >= 0.3 is 6.09 Å². The highest BCUT2D eigenvalue weighted by Crippen LogP contribution is 2.12. The molecular weight excluding hydrogens is 268 g/mol. The molecule has 0 aliphatic carbocycles. The molecule has 0 radical (unpaired) electrons. The minimum atomic E-state index is -0.537. The van der Waals surface area contributed by atoms with E-state index in [0.717, 1.165) is 0 Å². The highest BCUT2D eigenvalue weighted by molar-refractivity contribution is 5.78. The van der Waals surface area contributed by atoms with Crippen molar-refractivity contribution in [2.75, 3.05) is 26.4 Å². The number of ether oxygens (including phenoxy) is 3. The largest absolute Gasteiger partial charge is 0.465 e. The fourth-order valence-electron chi connectivity index (χ4n) is 1.55. The number of hydrazone groups is 1. The van der Waals surface area contributed by atoms with Crippen molar-refractivity contribution in [3.63, 3.8) is 0 Å². The summed E-state index contributed by atoms with van der Waals surface area (Å²) in [5, 5.41) is 5.16. The molecule has 0 bridgehead atoms. The summed E-state index contributed by atoms with van der Waals surface area (Å²) in [5.41, 5.74) is 0. The Bertz CT molecular complexity index is 459. The van der Waals surface area contributed by atoms with Gasteiger partial charge in [0.1, 0.15) is 18.5 Å². The summed E-state index contributed by atoms with van der Waals surface area (Å²) in [6.45, 7) is 1.29. The van der Waals surface area contributed by atoms with Crippen LogP contribution in [0, 0.1) is 0 Å². The number of rotatable bonds is 8. The summed E-state index contributed by atoms with van der Waals surface area (Å²) in [7, 11) is 0. The zero-order chi connectivity index (χ0) is 14.2. The molecular formula is C12H14N2O6. The van der Waals surface area contributed by atoms with E-state index in [-0.39, 0.29) is 19.8 Å². The van der Waals surface area contributed by atoms with E-state index in [1.165, 1.54) is 17.5 Å². The summed E-state index contributed by atoms with van der Waals surface area (Å²) >= 11 is 0. The molecule has 1 aliphatic heterocycles. The van der Waals surface area contributed by atoms with Crippen LogP contribution in [0.1, 0.15) is 5.76 Å². The lowest BCUT2D eigenvalue weighted by Crippen LogP contribution is -2.22. The van der Waals surface area contributed by atoms with E-state index < -0.39 is 12.2 Å². The maximum absolute atomic E-state index is 11.5. The summed E-state index contributed by atoms with van der Waals surface area (Å²) in [6.07, 6.45) is 2.02. The van der Waals surface area contributed by atoms with Gasteiger partial charge in [-0.15, -0.1) is 0 Å². The van der Waals surface area contributed by atoms with Crippen LogP contribution in [0.4, 0.5) is 4.79 Å². The number of amides is 1. The van der Waals surface area contributed by atoms with Gasteiger partial charge in [-0.3, -0.25) is 4.79 Å². The average molecular weight is 282 g/mol. The fourth-order valence-corrected chi connectivity index (χ4v) is 1.55. The van der Waals surface area contributed by atoms with Crippen molar-refractivity contribution >= 4 is 18.8 Å². The van der Waals surface area contributed by atoms with Crippen molar-refractivity contribution in [3.8, 4) is 0 Å². The summed E-state index contributed by atoms with van der Waals surface area (Å²) in [4.78, 5) is 21.4. The van der Waals surface area contributed by atoms with Gasteiger partial charge < -0.3 is 18.6 Å². The summed E-state index contributed by atoms with van der Waals surface area (Å²) < 4.78 is 19.8. The third-order valence-electron chi connectivity index (χ3n) is 2.44. The lowest BCUT2D eigenvalue weighted by Gasteiger charge is -2.07. The molecule has 0 aromatic carbocycles. The Morgan fingerprint density at radius 1 is 1.50 bits per heavy atom. The first kappa shape index (κ1) is 14.1. The molecule has 0 N–H and O–H groups in total. The number of carbonyl (C=O) groups is 2. The molecule has 1 saturated heterocycles. The zero-order valence-electron chi connectivity index (χ0n) is 10.6. The second-order valence-electron chi connectivity index (χ2n) is 3.89. The van der Waals surface area contributed by atoms with Gasteiger partial charge in [0.05, 0.1) is 32.2 Å². The molecule has 8 nitrogen and oxygen atoms in total. The zero-order valence-corrected chi connectivity index (χ0v) is 10.6. The molecule has 1 aliphatic rings. The Morgan fingerprint density at radius 2 is 2.40 bits per heavy atom. The molecule has 8 heteroatoms. The minimum Gasteiger partial charge on any atom is -0.465 e. The Hall–Kier alpha value is -2.35. The van der Waals surface area contributed by atoms with Crippen molar-refractivity contribution in [2.45, 2.75) is 6.10 Å². The fraction of sp³-hybridized carbons (Fsp3) is 0.417. The molecule has 1 aromatic heterocycles. The van der Waals surface area contributed by atoms with E-state index in [2.05, 4.69) is 9.84 Å². The summed E-state index contributed by atoms with van der Waals surface area (Å²) in [6, 6.07) is 3.44. The van der Waals surface area contributed by atoms with Crippen LogP contribution in [0.15, 0.2) is 27.9 Å². The van der Waals surface area contributed by atoms with E-state index in [9.17, 15) is 9.59 Å². The number of nitrogens with zero attached hydrogens (tertiary/aromatic N) is 2. The number of cyclic esters (lactones) is 1. The SMILES string of the molecule is O=COCCOCC1CN(N=Cc2ccco2)C(=O)O1. The Kier molecular flexibility index (Phi) is 5.13. The van der Waals surface area contributed by atoms with Crippen molar-refractivity contribution in [2.24, 2.45) is 5.10 Å². The van der Waals surface area contributed by atoms with Gasteiger partial charge in [-0.05, 0) is 12.1 Å². The Morgan fingerprint density at radius 3 is 3.15 bits per heavy atom. The van der Waals surface area contributed by atoms with E-state index in [1.54, 1.807) is 12.1 Å². The molecule has 1 fully saturated rings. The normalized spacial score (nSPS) is 18.5. The van der Waals surface area contributed by atoms with E-state index in [0.29, 0.717) is 18.8 Å². The maximum atomic E-state index is 11.5. The first-order valence-electron chi connectivity index (χ1n) is 5.98. The standard InChI is InChI=1S/C12H14N2O6/c15-9-18-5-4-17-8-11-7-14(12(16)20-11)13-6-10-2-1-3-19-10/h1-3,6,9,11H,4-5,7-8H2. The molecule has 0 spiro atoms. The molecule has 1 aromatic rings. The second kappa shape index (κ2) is 7.29. The smallest absolute Gasteiger partial charge is 0.430 e. The highest BCUT2D eigenvalue weighted by atomic mass is 16.6. The van der Waals surface area contributed by atoms with E-state index >= 15 is 0 Å². The van der Waals surface area contributed by atoms with E-state index in [1.807, 2.05) is 0 Å². The number of carbonyl (C=O) groups excluding carboxylic acids is 2. The second-order valence-corrected chi connectivity index (χ2v) is 3.89. The average Bonchev–Trinajstić information content (AvgIpc) is 3.06. The van der Waals surface area contributed by atoms with Gasteiger partial charge in [0.25, 0.3) is 6.47 Å². The van der Waals surface area contributed by atoms with Crippen LogP contribution in [-0.4, -0.2) is 56.3 Å².